The van der Waals surface area contributed by atoms with Gasteiger partial charge in [0, 0.05) is 35.0 Å². The van der Waals surface area contributed by atoms with Gasteiger partial charge in [-0.1, -0.05) is 17.7 Å². The molecule has 0 spiro atoms. The number of benzene rings is 2. The number of thioether (sulfide) groups is 1. The SMILES string of the molecule is O=C(CC1Sc2ccc(Cl)cc2NC1=O)NCCCNC(=O)c1cccc(O)c1. The second kappa shape index (κ2) is 9.67. The first-order valence-electron chi connectivity index (χ1n) is 9.03. The molecule has 1 unspecified atom stereocenters. The lowest BCUT2D eigenvalue weighted by molar-refractivity contribution is -0.124. The molecule has 9 heteroatoms. The number of anilines is 1. The van der Waals surface area contributed by atoms with Gasteiger partial charge >= 0.3 is 0 Å². The van der Waals surface area contributed by atoms with Crippen LogP contribution in [0.2, 0.25) is 5.02 Å². The van der Waals surface area contributed by atoms with Crippen molar-refractivity contribution in [3.8, 4) is 5.75 Å². The maximum atomic E-state index is 12.2. The zero-order valence-corrected chi connectivity index (χ0v) is 17.0. The van der Waals surface area contributed by atoms with Gasteiger partial charge in [-0.2, -0.15) is 0 Å². The van der Waals surface area contributed by atoms with Crippen LogP contribution in [0.5, 0.6) is 5.75 Å². The molecule has 1 aliphatic rings. The fraction of sp³-hybridized carbons (Fsp3) is 0.250. The summed E-state index contributed by atoms with van der Waals surface area (Å²) in [4.78, 5) is 37.2. The molecule has 0 fully saturated rings. The number of carbonyl (C=O) groups is 3. The van der Waals surface area contributed by atoms with Crippen LogP contribution in [0.25, 0.3) is 0 Å². The Hall–Kier alpha value is -2.71. The van der Waals surface area contributed by atoms with Gasteiger partial charge in [0.2, 0.25) is 11.8 Å². The number of phenolic OH excluding ortho intramolecular Hbond substituents is 1. The zero-order chi connectivity index (χ0) is 20.8. The Bertz CT molecular complexity index is 938. The highest BCUT2D eigenvalue weighted by atomic mass is 35.5. The predicted octanol–water partition coefficient (Wildman–Crippen LogP) is 2.78. The Morgan fingerprint density at radius 2 is 1.93 bits per heavy atom. The third kappa shape index (κ3) is 5.88. The van der Waals surface area contributed by atoms with Crippen LogP contribution in [0.4, 0.5) is 5.69 Å². The summed E-state index contributed by atoms with van der Waals surface area (Å²) in [6.45, 7) is 0.756. The standard InChI is InChI=1S/C20H20ClN3O4S/c21-13-5-6-16-15(10-13)24-20(28)17(29-16)11-18(26)22-7-2-8-23-19(27)12-3-1-4-14(25)9-12/h1,3-6,9-10,17,25H,2,7-8,11H2,(H,22,26)(H,23,27)(H,24,28). The van der Waals surface area contributed by atoms with Gasteiger partial charge in [0.05, 0.1) is 10.9 Å². The highest BCUT2D eigenvalue weighted by molar-refractivity contribution is 8.01. The van der Waals surface area contributed by atoms with Gasteiger partial charge in [0.25, 0.3) is 5.91 Å². The molecule has 7 nitrogen and oxygen atoms in total. The second-order valence-electron chi connectivity index (χ2n) is 6.45. The number of nitrogens with one attached hydrogen (secondary N) is 3. The molecule has 0 saturated heterocycles. The van der Waals surface area contributed by atoms with E-state index in [0.717, 1.165) is 4.90 Å². The van der Waals surface area contributed by atoms with Crippen LogP contribution in [0.15, 0.2) is 47.4 Å². The number of rotatable bonds is 7. The van der Waals surface area contributed by atoms with Crippen LogP contribution in [0.1, 0.15) is 23.2 Å². The molecule has 2 aromatic carbocycles. The summed E-state index contributed by atoms with van der Waals surface area (Å²) < 4.78 is 0. The smallest absolute Gasteiger partial charge is 0.251 e. The summed E-state index contributed by atoms with van der Waals surface area (Å²) in [6.07, 6.45) is 0.607. The Labute approximate surface area is 177 Å². The Morgan fingerprint density at radius 3 is 2.72 bits per heavy atom. The molecule has 1 aliphatic heterocycles. The number of fused-ring (bicyclic) bond motifs is 1. The fourth-order valence-corrected chi connectivity index (χ4v) is 4.03. The number of carbonyl (C=O) groups excluding carboxylic acids is 3. The fourth-order valence-electron chi connectivity index (χ4n) is 2.76. The number of phenols is 1. The van der Waals surface area contributed by atoms with Gasteiger partial charge < -0.3 is 21.1 Å². The molecule has 152 valence electrons. The molecule has 29 heavy (non-hydrogen) atoms. The highest BCUT2D eigenvalue weighted by Gasteiger charge is 2.29. The van der Waals surface area contributed by atoms with Gasteiger partial charge in [0.15, 0.2) is 0 Å². The summed E-state index contributed by atoms with van der Waals surface area (Å²) in [5.74, 6) is -0.714. The number of halogens is 1. The van der Waals surface area contributed by atoms with Crippen molar-refractivity contribution >= 4 is 46.8 Å². The van der Waals surface area contributed by atoms with Gasteiger partial charge in [0.1, 0.15) is 5.75 Å². The molecule has 0 aromatic heterocycles. The van der Waals surface area contributed by atoms with E-state index in [1.54, 1.807) is 24.3 Å². The van der Waals surface area contributed by atoms with E-state index in [9.17, 15) is 19.5 Å². The van der Waals surface area contributed by atoms with Gasteiger partial charge in [-0.05, 0) is 42.8 Å². The molecule has 0 aliphatic carbocycles. The van der Waals surface area contributed by atoms with Crippen LogP contribution >= 0.6 is 23.4 Å². The van der Waals surface area contributed by atoms with E-state index in [1.165, 1.54) is 23.9 Å². The van der Waals surface area contributed by atoms with Crippen molar-refractivity contribution in [3.05, 3.63) is 53.1 Å². The molecule has 3 rings (SSSR count). The van der Waals surface area contributed by atoms with Crippen LogP contribution in [0.3, 0.4) is 0 Å². The van der Waals surface area contributed by atoms with Crippen molar-refractivity contribution in [2.75, 3.05) is 18.4 Å². The molecule has 1 heterocycles. The summed E-state index contributed by atoms with van der Waals surface area (Å²) >= 11 is 7.27. The van der Waals surface area contributed by atoms with Crippen LogP contribution < -0.4 is 16.0 Å². The van der Waals surface area contributed by atoms with E-state index in [-0.39, 0.29) is 29.9 Å². The molecule has 1 atom stereocenters. The average Bonchev–Trinajstić information content (AvgIpc) is 2.68. The van der Waals surface area contributed by atoms with Crippen molar-refractivity contribution in [2.24, 2.45) is 0 Å². The van der Waals surface area contributed by atoms with Crippen molar-refractivity contribution in [1.82, 2.24) is 10.6 Å². The zero-order valence-electron chi connectivity index (χ0n) is 15.4. The lowest BCUT2D eigenvalue weighted by atomic mass is 10.2. The number of amides is 3. The maximum Gasteiger partial charge on any atom is 0.251 e. The Kier molecular flexibility index (Phi) is 7.00. The van der Waals surface area contributed by atoms with Crippen LogP contribution in [0, 0.1) is 0 Å². The first kappa shape index (κ1) is 21.0. The summed E-state index contributed by atoms with van der Waals surface area (Å²) in [5, 5.41) is 17.7. The molecule has 0 radical (unpaired) electrons. The van der Waals surface area contributed by atoms with E-state index < -0.39 is 5.25 Å². The molecular formula is C20H20ClN3O4S. The minimum absolute atomic E-state index is 0.0280. The first-order chi connectivity index (χ1) is 13.9. The van der Waals surface area contributed by atoms with Crippen LogP contribution in [-0.2, 0) is 9.59 Å². The first-order valence-corrected chi connectivity index (χ1v) is 10.3. The largest absolute Gasteiger partial charge is 0.508 e. The van der Waals surface area contributed by atoms with E-state index in [0.29, 0.717) is 35.8 Å². The Balaban J connectivity index is 1.37. The highest BCUT2D eigenvalue weighted by Crippen LogP contribution is 2.38. The van der Waals surface area contributed by atoms with E-state index in [1.807, 2.05) is 6.07 Å². The topological polar surface area (TPSA) is 108 Å². The van der Waals surface area contributed by atoms with Gasteiger partial charge in [-0.3, -0.25) is 14.4 Å². The lowest BCUT2D eigenvalue weighted by Crippen LogP contribution is -2.36. The van der Waals surface area contributed by atoms with Crippen molar-refractivity contribution in [3.63, 3.8) is 0 Å². The molecule has 0 saturated carbocycles. The van der Waals surface area contributed by atoms with Gasteiger partial charge in [-0.15, -0.1) is 11.8 Å². The molecular weight excluding hydrogens is 414 g/mol. The predicted molar refractivity (Wildman–Crippen MR) is 112 cm³/mol. The lowest BCUT2D eigenvalue weighted by Gasteiger charge is -2.23. The molecule has 3 amide bonds. The molecule has 2 aromatic rings. The van der Waals surface area contributed by atoms with Gasteiger partial charge in [-0.25, -0.2) is 0 Å². The van der Waals surface area contributed by atoms with E-state index in [4.69, 9.17) is 11.6 Å². The van der Waals surface area contributed by atoms with E-state index >= 15 is 0 Å². The summed E-state index contributed by atoms with van der Waals surface area (Å²) in [7, 11) is 0. The van der Waals surface area contributed by atoms with Crippen molar-refractivity contribution in [2.45, 2.75) is 23.0 Å². The molecule has 0 bridgehead atoms. The normalized spacial score (nSPS) is 15.2. The maximum absolute atomic E-state index is 12.2. The molecule has 4 N–H and O–H groups in total. The van der Waals surface area contributed by atoms with Crippen molar-refractivity contribution < 1.29 is 19.5 Å². The minimum Gasteiger partial charge on any atom is -0.508 e. The van der Waals surface area contributed by atoms with Crippen molar-refractivity contribution in [1.29, 1.82) is 0 Å². The minimum atomic E-state index is -0.505. The quantitative estimate of drug-likeness (QED) is 0.502. The third-order valence-corrected chi connectivity index (χ3v) is 5.71. The van der Waals surface area contributed by atoms with Crippen LogP contribution in [-0.4, -0.2) is 41.2 Å². The monoisotopic (exact) mass is 433 g/mol. The Morgan fingerprint density at radius 1 is 1.14 bits per heavy atom. The van der Waals surface area contributed by atoms with E-state index in [2.05, 4.69) is 16.0 Å². The third-order valence-electron chi connectivity index (χ3n) is 4.20. The average molecular weight is 434 g/mol. The number of hydrogen-bond donors (Lipinski definition) is 4. The summed E-state index contributed by atoms with van der Waals surface area (Å²) in [6, 6.07) is 11.3. The summed E-state index contributed by atoms with van der Waals surface area (Å²) in [5.41, 5.74) is 1.03. The number of hydrogen-bond acceptors (Lipinski definition) is 5. The second-order valence-corrected chi connectivity index (χ2v) is 8.13. The number of aromatic hydroxyl groups is 1.